The Hall–Kier alpha value is -3.28. The lowest BCUT2D eigenvalue weighted by molar-refractivity contribution is -0.141. The van der Waals surface area contributed by atoms with E-state index < -0.39 is 0 Å². The van der Waals surface area contributed by atoms with E-state index in [1.807, 2.05) is 53.6 Å². The van der Waals surface area contributed by atoms with Crippen LogP contribution in [0.3, 0.4) is 0 Å². The standard InChI is InChI=1S/C33H35Cl2N3O2/c1-2-3-16-38(33(40)28-19-27(28)24-9-5-4-6-10-24)22-32(39)37(21-23-13-14-29(34)30(35)18-23)17-15-25-20-36-31-12-8-7-11-26(25)31/h4-14,18,20,27-28,36H,2-3,15-17,19,21-22H2,1H3/t27-,28?/m0/s1. The molecule has 1 fully saturated rings. The van der Waals surface area contributed by atoms with Gasteiger partial charge in [0.25, 0.3) is 0 Å². The van der Waals surface area contributed by atoms with Crippen molar-refractivity contribution in [1.82, 2.24) is 14.8 Å². The van der Waals surface area contributed by atoms with Crippen LogP contribution in [0.2, 0.25) is 10.0 Å². The molecule has 0 spiro atoms. The molecule has 5 rings (SSSR count). The number of hydrogen-bond acceptors (Lipinski definition) is 2. The number of hydrogen-bond donors (Lipinski definition) is 1. The molecule has 5 nitrogen and oxygen atoms in total. The molecule has 2 atom stereocenters. The number of aromatic nitrogens is 1. The number of para-hydroxylation sites is 1. The van der Waals surface area contributed by atoms with Crippen LogP contribution in [0.4, 0.5) is 0 Å². The molecule has 0 aliphatic heterocycles. The normalized spacial score (nSPS) is 16.2. The highest BCUT2D eigenvalue weighted by Crippen LogP contribution is 2.48. The van der Waals surface area contributed by atoms with Crippen LogP contribution in [-0.2, 0) is 22.6 Å². The van der Waals surface area contributed by atoms with Gasteiger partial charge in [0.1, 0.15) is 0 Å². The number of nitrogens with zero attached hydrogens (tertiary/aromatic N) is 2. The lowest BCUT2D eigenvalue weighted by atomic mass is 10.1. The van der Waals surface area contributed by atoms with Crippen LogP contribution >= 0.6 is 23.2 Å². The van der Waals surface area contributed by atoms with E-state index in [1.54, 1.807) is 11.0 Å². The SMILES string of the molecule is CCCCN(CC(=O)N(CCc1c[nH]c2ccccc12)Cc1ccc(Cl)c(Cl)c1)C(=O)C1C[C@H]1c1ccccc1. The number of fused-ring (bicyclic) bond motifs is 1. The van der Waals surface area contributed by atoms with E-state index in [0.29, 0.717) is 36.1 Å². The molecular weight excluding hydrogens is 541 g/mol. The molecule has 1 saturated carbocycles. The number of carbonyl (C=O) groups excluding carboxylic acids is 2. The van der Waals surface area contributed by atoms with Crippen molar-refractivity contribution < 1.29 is 9.59 Å². The van der Waals surface area contributed by atoms with E-state index in [1.165, 1.54) is 5.56 Å². The van der Waals surface area contributed by atoms with Crippen LogP contribution in [0.5, 0.6) is 0 Å². The van der Waals surface area contributed by atoms with Crippen molar-refractivity contribution in [3.8, 4) is 0 Å². The maximum Gasteiger partial charge on any atom is 0.242 e. The van der Waals surface area contributed by atoms with Crippen molar-refractivity contribution >= 4 is 45.9 Å². The predicted molar refractivity (Wildman–Crippen MR) is 163 cm³/mol. The zero-order chi connectivity index (χ0) is 28.1. The largest absolute Gasteiger partial charge is 0.361 e. The third-order valence-electron chi connectivity index (χ3n) is 7.79. The second-order valence-corrected chi connectivity index (χ2v) is 11.5. The van der Waals surface area contributed by atoms with Crippen molar-refractivity contribution in [3.05, 3.63) is 106 Å². The van der Waals surface area contributed by atoms with Crippen molar-refractivity contribution in [2.24, 2.45) is 5.92 Å². The number of benzene rings is 3. The summed E-state index contributed by atoms with van der Waals surface area (Å²) >= 11 is 12.4. The van der Waals surface area contributed by atoms with Gasteiger partial charge in [-0.2, -0.15) is 0 Å². The molecular formula is C33H35Cl2N3O2. The number of nitrogens with one attached hydrogen (secondary N) is 1. The Morgan fingerprint density at radius 3 is 2.48 bits per heavy atom. The zero-order valence-electron chi connectivity index (χ0n) is 22.8. The van der Waals surface area contributed by atoms with Crippen molar-refractivity contribution in [2.45, 2.75) is 45.1 Å². The molecule has 1 aromatic heterocycles. The van der Waals surface area contributed by atoms with Gasteiger partial charge in [-0.25, -0.2) is 0 Å². The summed E-state index contributed by atoms with van der Waals surface area (Å²) in [5.74, 6) is 0.206. The minimum absolute atomic E-state index is 0.0539. The third-order valence-corrected chi connectivity index (χ3v) is 8.53. The van der Waals surface area contributed by atoms with Crippen LogP contribution in [-0.4, -0.2) is 46.2 Å². The molecule has 4 aromatic rings. The molecule has 1 N–H and O–H groups in total. The van der Waals surface area contributed by atoms with Crippen LogP contribution in [0, 0.1) is 5.92 Å². The van der Waals surface area contributed by atoms with Gasteiger partial charge in [-0.1, -0.05) is 91.1 Å². The summed E-state index contributed by atoms with van der Waals surface area (Å²) in [4.78, 5) is 34.4. The predicted octanol–water partition coefficient (Wildman–Crippen LogP) is 7.48. The average Bonchev–Trinajstić information content (AvgIpc) is 3.68. The van der Waals surface area contributed by atoms with Gasteiger partial charge >= 0.3 is 0 Å². The van der Waals surface area contributed by atoms with Crippen molar-refractivity contribution in [2.75, 3.05) is 19.6 Å². The summed E-state index contributed by atoms with van der Waals surface area (Å²) < 4.78 is 0. The Balaban J connectivity index is 1.32. The summed E-state index contributed by atoms with van der Waals surface area (Å²) in [6.07, 6.45) is 5.37. The first-order valence-electron chi connectivity index (χ1n) is 14.0. The van der Waals surface area contributed by atoms with Gasteiger partial charge in [-0.3, -0.25) is 9.59 Å². The first-order valence-corrected chi connectivity index (χ1v) is 14.8. The Bertz CT molecular complexity index is 1470. The Kier molecular flexibility index (Phi) is 9.13. The van der Waals surface area contributed by atoms with E-state index in [-0.39, 0.29) is 30.2 Å². The first-order chi connectivity index (χ1) is 19.4. The molecule has 0 saturated heterocycles. The van der Waals surface area contributed by atoms with Gasteiger partial charge in [0.15, 0.2) is 0 Å². The molecule has 7 heteroatoms. The number of aromatic amines is 1. The van der Waals surface area contributed by atoms with E-state index in [0.717, 1.165) is 41.3 Å². The molecule has 3 aromatic carbocycles. The second kappa shape index (κ2) is 12.9. The van der Waals surface area contributed by atoms with E-state index in [2.05, 4.69) is 36.2 Å². The fraction of sp³-hybridized carbons (Fsp3) is 0.333. The van der Waals surface area contributed by atoms with Crippen molar-refractivity contribution in [3.63, 3.8) is 0 Å². The number of carbonyl (C=O) groups is 2. The summed E-state index contributed by atoms with van der Waals surface area (Å²) in [6.45, 7) is 3.68. The molecule has 1 aliphatic rings. The molecule has 1 heterocycles. The number of H-pyrrole nitrogens is 1. The van der Waals surface area contributed by atoms with Gasteiger partial charge in [-0.05, 0) is 60.1 Å². The summed E-state index contributed by atoms with van der Waals surface area (Å²) in [5, 5.41) is 2.10. The molecule has 40 heavy (non-hydrogen) atoms. The highest BCUT2D eigenvalue weighted by molar-refractivity contribution is 6.42. The fourth-order valence-electron chi connectivity index (χ4n) is 5.39. The van der Waals surface area contributed by atoms with Crippen LogP contribution < -0.4 is 0 Å². The monoisotopic (exact) mass is 575 g/mol. The maximum atomic E-state index is 13.9. The quantitative estimate of drug-likeness (QED) is 0.190. The van der Waals surface area contributed by atoms with Crippen LogP contribution in [0.1, 0.15) is 48.8 Å². The van der Waals surface area contributed by atoms with E-state index >= 15 is 0 Å². The Morgan fingerprint density at radius 1 is 0.925 bits per heavy atom. The Labute approximate surface area is 246 Å². The number of unbranched alkanes of at least 4 members (excludes halogenated alkanes) is 1. The first kappa shape index (κ1) is 28.3. The van der Waals surface area contributed by atoms with Gasteiger partial charge in [0.05, 0.1) is 16.6 Å². The number of amides is 2. The number of halogens is 2. The smallest absolute Gasteiger partial charge is 0.242 e. The van der Waals surface area contributed by atoms with E-state index in [4.69, 9.17) is 23.2 Å². The van der Waals surface area contributed by atoms with E-state index in [9.17, 15) is 9.59 Å². The summed E-state index contributed by atoms with van der Waals surface area (Å²) in [5.41, 5.74) is 4.33. The van der Waals surface area contributed by atoms with Crippen LogP contribution in [0.25, 0.3) is 10.9 Å². The molecule has 2 amide bonds. The van der Waals surface area contributed by atoms with Gasteiger partial charge in [0.2, 0.25) is 11.8 Å². The molecule has 208 valence electrons. The Morgan fingerprint density at radius 2 is 1.70 bits per heavy atom. The highest BCUT2D eigenvalue weighted by Gasteiger charge is 2.45. The minimum Gasteiger partial charge on any atom is -0.361 e. The molecule has 1 aliphatic carbocycles. The minimum atomic E-state index is -0.0627. The average molecular weight is 577 g/mol. The zero-order valence-corrected chi connectivity index (χ0v) is 24.3. The van der Waals surface area contributed by atoms with Gasteiger partial charge in [0, 0.05) is 42.7 Å². The molecule has 0 bridgehead atoms. The van der Waals surface area contributed by atoms with Gasteiger partial charge in [-0.15, -0.1) is 0 Å². The topological polar surface area (TPSA) is 56.4 Å². The van der Waals surface area contributed by atoms with Crippen LogP contribution in [0.15, 0.2) is 79.0 Å². The van der Waals surface area contributed by atoms with Gasteiger partial charge < -0.3 is 14.8 Å². The summed E-state index contributed by atoms with van der Waals surface area (Å²) in [7, 11) is 0. The fourth-order valence-corrected chi connectivity index (χ4v) is 5.72. The van der Waals surface area contributed by atoms with Crippen molar-refractivity contribution in [1.29, 1.82) is 0 Å². The number of rotatable bonds is 12. The molecule has 0 radical (unpaired) electrons. The third kappa shape index (κ3) is 6.71. The highest BCUT2D eigenvalue weighted by atomic mass is 35.5. The summed E-state index contributed by atoms with van der Waals surface area (Å²) in [6, 6.07) is 23.8. The second-order valence-electron chi connectivity index (χ2n) is 10.6. The molecule has 1 unspecified atom stereocenters. The lowest BCUT2D eigenvalue weighted by Crippen LogP contribution is -2.44. The maximum absolute atomic E-state index is 13.9. The lowest BCUT2D eigenvalue weighted by Gasteiger charge is -2.28.